The molecule has 0 radical (unpaired) electrons. The lowest BCUT2D eigenvalue weighted by Crippen LogP contribution is -2.18. The number of nitrogens with one attached hydrogen (secondary N) is 1. The Hall–Kier alpha value is -2.93. The molecule has 0 aliphatic rings. The number of fused-ring (bicyclic) bond motifs is 1. The van der Waals surface area contributed by atoms with Crippen LogP contribution in [0, 0.1) is 12.8 Å². The Balaban J connectivity index is 1.84. The van der Waals surface area contributed by atoms with Gasteiger partial charge < -0.3 is 14.6 Å². The Morgan fingerprint density at radius 3 is 2.77 bits per heavy atom. The molecule has 1 unspecified atom stereocenters. The van der Waals surface area contributed by atoms with Crippen molar-refractivity contribution >= 4 is 27.4 Å². The van der Waals surface area contributed by atoms with Crippen molar-refractivity contribution in [3.05, 3.63) is 64.8 Å². The van der Waals surface area contributed by atoms with Gasteiger partial charge in [0.1, 0.15) is 34.1 Å². The van der Waals surface area contributed by atoms with E-state index in [0.29, 0.717) is 5.92 Å². The molecule has 0 amide bonds. The smallest absolute Gasteiger partial charge is 0.139 e. The molecular formula is C23H27N5OS. The topological polar surface area (TPSA) is 64.9 Å². The number of nitrogens with zero attached hydrogens (tertiary/aromatic N) is 4. The second-order valence-corrected chi connectivity index (χ2v) is 8.77. The molecule has 0 spiro atoms. The Morgan fingerprint density at radius 2 is 2.07 bits per heavy atom. The van der Waals surface area contributed by atoms with Crippen LogP contribution in [-0.4, -0.2) is 26.6 Å². The van der Waals surface area contributed by atoms with Crippen molar-refractivity contribution in [2.75, 3.05) is 12.4 Å². The zero-order valence-corrected chi connectivity index (χ0v) is 18.8. The predicted octanol–water partition coefficient (Wildman–Crippen LogP) is 5.14. The van der Waals surface area contributed by atoms with Gasteiger partial charge in [-0.2, -0.15) is 0 Å². The highest BCUT2D eigenvalue weighted by molar-refractivity contribution is 7.17. The second-order valence-electron chi connectivity index (χ2n) is 7.91. The van der Waals surface area contributed by atoms with Crippen LogP contribution in [0.4, 0.5) is 5.82 Å². The van der Waals surface area contributed by atoms with Gasteiger partial charge in [0, 0.05) is 19.4 Å². The van der Waals surface area contributed by atoms with E-state index in [0.717, 1.165) is 45.4 Å². The van der Waals surface area contributed by atoms with Gasteiger partial charge in [0.2, 0.25) is 0 Å². The van der Waals surface area contributed by atoms with Gasteiger partial charge in [-0.05, 0) is 47.9 Å². The Bertz CT molecular complexity index is 1160. The minimum atomic E-state index is -0.176. The predicted molar refractivity (Wildman–Crippen MR) is 122 cm³/mol. The number of thiophene rings is 1. The molecule has 0 bridgehead atoms. The zero-order valence-electron chi connectivity index (χ0n) is 18.0. The van der Waals surface area contributed by atoms with Gasteiger partial charge >= 0.3 is 0 Å². The molecule has 3 aromatic heterocycles. The number of hydrogen-bond acceptors (Lipinski definition) is 6. The van der Waals surface area contributed by atoms with E-state index in [1.54, 1.807) is 18.4 Å². The molecule has 3 heterocycles. The summed E-state index contributed by atoms with van der Waals surface area (Å²) in [5, 5.41) is 7.02. The number of imidazole rings is 1. The van der Waals surface area contributed by atoms with Crippen molar-refractivity contribution in [2.45, 2.75) is 33.2 Å². The lowest BCUT2D eigenvalue weighted by atomic mass is 10.0. The highest BCUT2D eigenvalue weighted by atomic mass is 32.1. The number of rotatable bonds is 7. The fourth-order valence-electron chi connectivity index (χ4n) is 3.71. The third-order valence-electron chi connectivity index (χ3n) is 5.07. The van der Waals surface area contributed by atoms with E-state index in [1.807, 2.05) is 49.1 Å². The van der Waals surface area contributed by atoms with E-state index < -0.39 is 0 Å². The first-order chi connectivity index (χ1) is 14.5. The number of aromatic nitrogens is 4. The summed E-state index contributed by atoms with van der Waals surface area (Å²) >= 11 is 1.68. The van der Waals surface area contributed by atoms with Crippen LogP contribution in [0.15, 0.2) is 42.0 Å². The first-order valence-corrected chi connectivity index (χ1v) is 11.0. The van der Waals surface area contributed by atoms with Gasteiger partial charge in [-0.25, -0.2) is 15.0 Å². The van der Waals surface area contributed by atoms with E-state index in [9.17, 15) is 0 Å². The third kappa shape index (κ3) is 4.03. The number of benzene rings is 1. The maximum atomic E-state index is 5.46. The summed E-state index contributed by atoms with van der Waals surface area (Å²) in [4.78, 5) is 15.1. The molecule has 0 aliphatic heterocycles. The maximum Gasteiger partial charge on any atom is 0.139 e. The number of aryl methyl sites for hydroxylation is 2. The van der Waals surface area contributed by atoms with Crippen molar-refractivity contribution in [1.82, 2.24) is 19.5 Å². The molecule has 0 aliphatic carbocycles. The highest BCUT2D eigenvalue weighted by Crippen LogP contribution is 2.35. The third-order valence-corrected chi connectivity index (χ3v) is 6.00. The first-order valence-electron chi connectivity index (χ1n) is 10.1. The molecule has 0 saturated carbocycles. The Morgan fingerprint density at radius 1 is 1.23 bits per heavy atom. The minimum absolute atomic E-state index is 0.176. The number of anilines is 1. The maximum absolute atomic E-state index is 5.46. The van der Waals surface area contributed by atoms with Crippen LogP contribution in [0.25, 0.3) is 10.2 Å². The number of methoxy groups -OCH3 is 1. The first kappa shape index (κ1) is 20.3. The molecule has 7 heteroatoms. The summed E-state index contributed by atoms with van der Waals surface area (Å²) in [6.07, 6.45) is 4.77. The van der Waals surface area contributed by atoms with Crippen LogP contribution in [0.5, 0.6) is 5.75 Å². The quantitative estimate of drug-likeness (QED) is 0.447. The lowest BCUT2D eigenvalue weighted by molar-refractivity contribution is 0.414. The molecule has 1 aromatic carbocycles. The molecule has 6 nitrogen and oxygen atoms in total. The summed E-state index contributed by atoms with van der Waals surface area (Å²) in [7, 11) is 3.69. The fourth-order valence-corrected chi connectivity index (χ4v) is 4.71. The van der Waals surface area contributed by atoms with E-state index >= 15 is 0 Å². The average molecular weight is 422 g/mol. The molecule has 0 fully saturated rings. The SMILES string of the molecule is COc1cccc(C(Nc2nc(C)nc3scc(CC(C)C)c23)c2nccn2C)c1. The standard InChI is InChI=1S/C23H27N5OS/c1-14(2)11-17-13-30-23-19(17)21(25-15(3)26-23)27-20(22-24-9-10-28(22)4)16-7-6-8-18(12-16)29-5/h6-10,12-14,20H,11H2,1-5H3,(H,25,26,27). The van der Waals surface area contributed by atoms with E-state index in [2.05, 4.69) is 40.6 Å². The van der Waals surface area contributed by atoms with E-state index in [4.69, 9.17) is 9.72 Å². The highest BCUT2D eigenvalue weighted by Gasteiger charge is 2.22. The summed E-state index contributed by atoms with van der Waals surface area (Å²) in [6, 6.07) is 7.90. The van der Waals surface area contributed by atoms with Crippen molar-refractivity contribution in [2.24, 2.45) is 13.0 Å². The monoisotopic (exact) mass is 421 g/mol. The van der Waals surface area contributed by atoms with Gasteiger partial charge in [-0.15, -0.1) is 11.3 Å². The van der Waals surface area contributed by atoms with Crippen LogP contribution in [0.2, 0.25) is 0 Å². The van der Waals surface area contributed by atoms with Gasteiger partial charge in [0.05, 0.1) is 12.5 Å². The molecule has 1 atom stereocenters. The molecule has 0 saturated heterocycles. The average Bonchev–Trinajstić information content (AvgIpc) is 3.31. The van der Waals surface area contributed by atoms with Gasteiger partial charge in [-0.1, -0.05) is 26.0 Å². The summed E-state index contributed by atoms with van der Waals surface area (Å²) in [5.41, 5.74) is 2.35. The minimum Gasteiger partial charge on any atom is -0.497 e. The summed E-state index contributed by atoms with van der Waals surface area (Å²) in [5.74, 6) is 3.89. The summed E-state index contributed by atoms with van der Waals surface area (Å²) < 4.78 is 7.50. The van der Waals surface area contributed by atoms with Crippen LogP contribution in [0.3, 0.4) is 0 Å². The fraction of sp³-hybridized carbons (Fsp3) is 0.348. The Kier molecular flexibility index (Phi) is 5.72. The van der Waals surface area contributed by atoms with Crippen molar-refractivity contribution in [1.29, 1.82) is 0 Å². The van der Waals surface area contributed by atoms with E-state index in [1.165, 1.54) is 5.56 Å². The largest absolute Gasteiger partial charge is 0.497 e. The van der Waals surface area contributed by atoms with Crippen LogP contribution in [0.1, 0.15) is 42.7 Å². The van der Waals surface area contributed by atoms with Crippen molar-refractivity contribution in [3.8, 4) is 5.75 Å². The molecule has 156 valence electrons. The Labute approximate surface area is 181 Å². The van der Waals surface area contributed by atoms with Crippen LogP contribution < -0.4 is 10.1 Å². The lowest BCUT2D eigenvalue weighted by Gasteiger charge is -2.21. The number of ether oxygens (including phenoxy) is 1. The van der Waals surface area contributed by atoms with Gasteiger partial charge in [0.15, 0.2) is 0 Å². The van der Waals surface area contributed by atoms with E-state index in [-0.39, 0.29) is 6.04 Å². The normalized spacial score (nSPS) is 12.5. The number of hydrogen-bond donors (Lipinski definition) is 1. The zero-order chi connectivity index (χ0) is 21.3. The van der Waals surface area contributed by atoms with Gasteiger partial charge in [0.25, 0.3) is 0 Å². The summed E-state index contributed by atoms with van der Waals surface area (Å²) in [6.45, 7) is 6.41. The second kappa shape index (κ2) is 8.44. The van der Waals surface area contributed by atoms with Crippen LogP contribution >= 0.6 is 11.3 Å². The molecule has 4 aromatic rings. The molecule has 30 heavy (non-hydrogen) atoms. The molecular weight excluding hydrogens is 394 g/mol. The van der Waals surface area contributed by atoms with Crippen molar-refractivity contribution in [3.63, 3.8) is 0 Å². The van der Waals surface area contributed by atoms with Crippen molar-refractivity contribution < 1.29 is 4.74 Å². The molecule has 4 rings (SSSR count). The van der Waals surface area contributed by atoms with Crippen LogP contribution in [-0.2, 0) is 13.5 Å². The molecule has 1 N–H and O–H groups in total. The van der Waals surface area contributed by atoms with Gasteiger partial charge in [-0.3, -0.25) is 0 Å².